The van der Waals surface area contributed by atoms with Gasteiger partial charge in [-0.15, -0.1) is 0 Å². The van der Waals surface area contributed by atoms with Crippen LogP contribution in [0.15, 0.2) is 37.4 Å². The molecule has 0 saturated heterocycles. The fraction of sp³-hybridized carbons (Fsp3) is 0.739. The van der Waals surface area contributed by atoms with Gasteiger partial charge in [-0.1, -0.05) is 32.6 Å². The van der Waals surface area contributed by atoms with Crippen LogP contribution in [0.1, 0.15) is 71.6 Å². The Morgan fingerprint density at radius 3 is 1.37 bits per heavy atom. The van der Waals surface area contributed by atoms with Gasteiger partial charge in [-0.25, -0.2) is 18.3 Å². The maximum atomic E-state index is 9.87. The standard InChI is InChI=1S/C23H44N4O3Si.2F6P.H2O/c1-3-5-6-7-8-9-13-24-17-18-25(22-24)14-10-11-15-26-19-20-27(23-26)16-12-21-31(28,29)30-4-2;2*1-7(2,3,4,5)6;/h17-20,22-23,28-29H,3-16,21H2,1-2H3;;;1H2/q+2;2*-1;. The van der Waals surface area contributed by atoms with E-state index in [1.165, 1.54) is 38.5 Å². The molecule has 2 heterocycles. The number of aryl methyl sites for hydroxylation is 4. The predicted octanol–water partition coefficient (Wildman–Crippen LogP) is 9.00. The van der Waals surface area contributed by atoms with Crippen LogP contribution in [-0.2, 0) is 30.6 Å². The number of rotatable bonds is 18. The Hall–Kier alpha value is -1.50. The first-order valence-electron chi connectivity index (χ1n) is 14.2. The van der Waals surface area contributed by atoms with Gasteiger partial charge in [0.05, 0.1) is 26.2 Å². The quantitative estimate of drug-likeness (QED) is 0.0522. The summed E-state index contributed by atoms with van der Waals surface area (Å²) in [5.74, 6) is 0. The van der Waals surface area contributed by atoms with Gasteiger partial charge in [0.25, 0.3) is 0 Å². The third-order valence-corrected chi connectivity index (χ3v) is 7.40. The Morgan fingerprint density at radius 2 is 0.978 bits per heavy atom. The molecule has 0 atom stereocenters. The molecular weight excluding hydrogens is 714 g/mol. The summed E-state index contributed by atoms with van der Waals surface area (Å²) in [4.78, 5) is 19.5. The van der Waals surface area contributed by atoms with Gasteiger partial charge in [-0.2, -0.15) is 0 Å². The number of imidazole rings is 2. The topological polar surface area (TPSA) is 98.8 Å². The first-order chi connectivity index (χ1) is 19.9. The maximum Gasteiger partial charge on any atom is -0.412 e. The summed E-state index contributed by atoms with van der Waals surface area (Å²) in [6.07, 6.45) is 23.9. The molecule has 0 radical (unpaired) electrons. The van der Waals surface area contributed by atoms with Crippen LogP contribution in [0.25, 0.3) is 0 Å². The van der Waals surface area contributed by atoms with Crippen molar-refractivity contribution in [3.05, 3.63) is 37.4 Å². The van der Waals surface area contributed by atoms with Crippen LogP contribution in [0.2, 0.25) is 6.04 Å². The van der Waals surface area contributed by atoms with Crippen molar-refractivity contribution in [3.8, 4) is 0 Å². The molecule has 0 saturated carbocycles. The van der Waals surface area contributed by atoms with Crippen LogP contribution in [-0.4, -0.2) is 39.6 Å². The molecule has 2 aromatic heterocycles. The van der Waals surface area contributed by atoms with Crippen molar-refractivity contribution in [1.82, 2.24) is 9.13 Å². The Bertz CT molecular complexity index is 1080. The van der Waals surface area contributed by atoms with Crippen LogP contribution in [0.3, 0.4) is 0 Å². The third kappa shape index (κ3) is 40.5. The van der Waals surface area contributed by atoms with Crippen LogP contribution in [0, 0.1) is 0 Å². The average Bonchev–Trinajstić information content (AvgIpc) is 3.44. The minimum Gasteiger partial charge on any atom is -0.412 e. The third-order valence-electron chi connectivity index (χ3n) is 5.64. The molecule has 2 rings (SSSR count). The molecule has 280 valence electrons. The first kappa shape index (κ1) is 46.6. The Balaban J connectivity index is 0. The molecule has 2 aromatic rings. The van der Waals surface area contributed by atoms with Gasteiger partial charge < -0.3 is 19.5 Å². The van der Waals surface area contributed by atoms with E-state index >= 15 is 0 Å². The van der Waals surface area contributed by atoms with Gasteiger partial charge in [0.2, 0.25) is 12.7 Å². The molecule has 0 spiro atoms. The molecule has 23 heteroatoms. The van der Waals surface area contributed by atoms with E-state index in [0.29, 0.717) is 19.1 Å². The number of unbranched alkanes of at least 4 members (excludes halogenated alkanes) is 6. The smallest absolute Gasteiger partial charge is 0.412 e. The zero-order valence-electron chi connectivity index (χ0n) is 25.6. The van der Waals surface area contributed by atoms with E-state index < -0.39 is 24.4 Å². The van der Waals surface area contributed by atoms with Crippen LogP contribution in [0.5, 0.6) is 0 Å². The summed E-state index contributed by atoms with van der Waals surface area (Å²) in [7, 11) is -24.8. The number of nitrogens with zero attached hydrogens (tertiary/aromatic N) is 4. The van der Waals surface area contributed by atoms with E-state index in [0.717, 1.165) is 39.0 Å². The molecule has 0 bridgehead atoms. The minimum absolute atomic E-state index is 0. The van der Waals surface area contributed by atoms with Crippen molar-refractivity contribution < 1.29 is 79.0 Å². The second kappa shape index (κ2) is 16.7. The zero-order chi connectivity index (χ0) is 35.2. The summed E-state index contributed by atoms with van der Waals surface area (Å²) < 4.78 is 132. The predicted molar refractivity (Wildman–Crippen MR) is 154 cm³/mol. The van der Waals surface area contributed by atoms with Crippen LogP contribution in [0.4, 0.5) is 50.4 Å². The molecule has 46 heavy (non-hydrogen) atoms. The Labute approximate surface area is 260 Å². The molecule has 0 fully saturated rings. The fourth-order valence-corrected chi connectivity index (χ4v) is 5.09. The molecule has 4 N–H and O–H groups in total. The SMILES string of the molecule is CCCCCCCC[n+]1ccn(CCCCn2cc[n+](CCC[Si](O)(O)OCC)c2)c1.F[P-](F)(F)(F)(F)F.F[P-](F)(F)(F)(F)F.O. The van der Waals surface area contributed by atoms with Crippen LogP contribution >= 0.6 is 15.6 Å². The summed E-state index contributed by atoms with van der Waals surface area (Å²) in [6, 6.07) is 0.342. The van der Waals surface area contributed by atoms with Crippen molar-refractivity contribution >= 4 is 24.4 Å². The maximum absolute atomic E-state index is 10.7. The molecule has 0 unspecified atom stereocenters. The summed E-state index contributed by atoms with van der Waals surface area (Å²) in [5, 5.41) is 0. The molecule has 8 nitrogen and oxygen atoms in total. The fourth-order valence-electron chi connectivity index (χ4n) is 3.87. The number of hydrogen-bond donors (Lipinski definition) is 2. The average molecular weight is 761 g/mol. The van der Waals surface area contributed by atoms with Gasteiger partial charge in [-0.3, -0.25) is 0 Å². The van der Waals surface area contributed by atoms with E-state index in [9.17, 15) is 60.0 Å². The van der Waals surface area contributed by atoms with Crippen molar-refractivity contribution in [1.29, 1.82) is 0 Å². The summed E-state index contributed by atoms with van der Waals surface area (Å²) in [5.41, 5.74) is 0. The van der Waals surface area contributed by atoms with Gasteiger partial charge in [0.1, 0.15) is 24.8 Å². The number of hydrogen-bond acceptors (Lipinski definition) is 3. The molecule has 0 aromatic carbocycles. The van der Waals surface area contributed by atoms with Gasteiger partial charge in [-0.05, 0) is 39.0 Å². The second-order valence-electron chi connectivity index (χ2n) is 10.4. The van der Waals surface area contributed by atoms with E-state index in [-0.39, 0.29) is 5.48 Å². The largest absolute Gasteiger partial charge is 0.412 e. The summed E-state index contributed by atoms with van der Waals surface area (Å²) in [6.45, 7) is 8.37. The van der Waals surface area contributed by atoms with Crippen molar-refractivity contribution in [3.63, 3.8) is 0 Å². The van der Waals surface area contributed by atoms with E-state index in [4.69, 9.17) is 4.43 Å². The van der Waals surface area contributed by atoms with E-state index in [1.54, 1.807) is 6.92 Å². The van der Waals surface area contributed by atoms with Gasteiger partial charge in [0.15, 0.2) is 0 Å². The first-order valence-corrected chi connectivity index (χ1v) is 20.3. The van der Waals surface area contributed by atoms with Crippen molar-refractivity contribution in [2.45, 2.75) is 104 Å². The van der Waals surface area contributed by atoms with Crippen LogP contribution < -0.4 is 9.13 Å². The minimum atomic E-state index is -10.7. The van der Waals surface area contributed by atoms with E-state index in [1.807, 2.05) is 0 Å². The second-order valence-corrected chi connectivity index (χ2v) is 16.6. The Kier molecular flexibility index (Phi) is 17.0. The van der Waals surface area contributed by atoms with Crippen molar-refractivity contribution in [2.75, 3.05) is 6.61 Å². The Morgan fingerprint density at radius 1 is 0.609 bits per heavy atom. The molecule has 0 amide bonds. The number of aromatic nitrogens is 4. The zero-order valence-corrected chi connectivity index (χ0v) is 28.4. The molecule has 0 aliphatic carbocycles. The summed E-state index contributed by atoms with van der Waals surface area (Å²) >= 11 is 0. The van der Waals surface area contributed by atoms with Gasteiger partial charge in [0, 0.05) is 12.7 Å². The number of halogens is 12. The van der Waals surface area contributed by atoms with Gasteiger partial charge >= 0.3 is 74.8 Å². The monoisotopic (exact) mass is 760 g/mol. The van der Waals surface area contributed by atoms with E-state index in [2.05, 4.69) is 62.6 Å². The van der Waals surface area contributed by atoms with Crippen molar-refractivity contribution in [2.24, 2.45) is 0 Å². The molecule has 0 aliphatic heterocycles. The molecule has 0 aliphatic rings. The molecular formula is C23H46F12N4O4P2Si. The normalized spacial score (nSPS) is 15.1.